The minimum atomic E-state index is -0.458. The summed E-state index contributed by atoms with van der Waals surface area (Å²) in [4.78, 5) is 22.5. The van der Waals surface area contributed by atoms with Gasteiger partial charge in [0.15, 0.2) is 0 Å². The molecular weight excluding hydrogens is 284 g/mol. The molecule has 0 atom stereocenters. The van der Waals surface area contributed by atoms with E-state index < -0.39 is 4.92 Å². The highest BCUT2D eigenvalue weighted by Gasteiger charge is 2.13. The maximum Gasteiger partial charge on any atom is 0.270 e. The lowest BCUT2D eigenvalue weighted by molar-refractivity contribution is -0.384. The minimum absolute atomic E-state index is 0.0220. The first-order chi connectivity index (χ1) is 10.4. The van der Waals surface area contributed by atoms with E-state index in [1.54, 1.807) is 12.3 Å². The predicted molar refractivity (Wildman–Crippen MR) is 83.4 cm³/mol. The molecule has 0 bridgehead atoms. The number of rotatable bonds is 5. The third-order valence-corrected chi connectivity index (χ3v) is 3.11. The van der Waals surface area contributed by atoms with Crippen molar-refractivity contribution in [3.8, 4) is 5.75 Å². The molecule has 0 N–H and O–H groups in total. The average Bonchev–Trinajstić information content (AvgIpc) is 2.42. The number of nitro groups is 1. The standard InChI is InChI=1S/C16H18N2O4/c1-11(2)22-15-5-4-14(18(20)21)9-13(15)10-17-7-6-12(3)8-16(17)19/h4-9,11H,10H2,1-3H3. The largest absolute Gasteiger partial charge is 0.491 e. The van der Waals surface area contributed by atoms with Gasteiger partial charge in [-0.05, 0) is 38.5 Å². The molecule has 2 aromatic rings. The summed E-state index contributed by atoms with van der Waals surface area (Å²) in [6.45, 7) is 5.82. The van der Waals surface area contributed by atoms with Crippen LogP contribution in [0.3, 0.4) is 0 Å². The highest BCUT2D eigenvalue weighted by molar-refractivity contribution is 5.44. The van der Waals surface area contributed by atoms with Crippen molar-refractivity contribution in [3.63, 3.8) is 0 Å². The molecule has 6 heteroatoms. The van der Waals surface area contributed by atoms with Gasteiger partial charge in [-0.15, -0.1) is 0 Å². The first-order valence-electron chi connectivity index (χ1n) is 6.98. The van der Waals surface area contributed by atoms with Crippen LogP contribution in [-0.4, -0.2) is 15.6 Å². The number of benzene rings is 1. The summed E-state index contributed by atoms with van der Waals surface area (Å²) in [6, 6.07) is 7.78. The Morgan fingerprint density at radius 3 is 2.59 bits per heavy atom. The zero-order valence-corrected chi connectivity index (χ0v) is 12.8. The molecule has 0 aliphatic carbocycles. The molecule has 1 aromatic heterocycles. The van der Waals surface area contributed by atoms with E-state index in [2.05, 4.69) is 0 Å². The second kappa shape index (κ2) is 6.43. The maximum atomic E-state index is 12.0. The maximum absolute atomic E-state index is 12.0. The summed E-state index contributed by atoms with van der Waals surface area (Å²) in [6.07, 6.45) is 1.62. The topological polar surface area (TPSA) is 74.4 Å². The van der Waals surface area contributed by atoms with Crippen molar-refractivity contribution in [2.75, 3.05) is 0 Å². The molecule has 1 aromatic carbocycles. The molecule has 1 heterocycles. The highest BCUT2D eigenvalue weighted by Crippen LogP contribution is 2.25. The molecule has 0 saturated heterocycles. The van der Waals surface area contributed by atoms with Gasteiger partial charge in [-0.3, -0.25) is 14.9 Å². The van der Waals surface area contributed by atoms with Crippen molar-refractivity contribution in [1.82, 2.24) is 4.57 Å². The average molecular weight is 302 g/mol. The number of ether oxygens (including phenoxy) is 1. The van der Waals surface area contributed by atoms with Gasteiger partial charge in [0.05, 0.1) is 17.6 Å². The summed E-state index contributed by atoms with van der Waals surface area (Å²) in [5.41, 5.74) is 1.31. The Kier molecular flexibility index (Phi) is 4.60. The Labute approximate surface area is 128 Å². The van der Waals surface area contributed by atoms with Crippen LogP contribution in [0.4, 0.5) is 5.69 Å². The molecule has 6 nitrogen and oxygen atoms in total. The fourth-order valence-corrected chi connectivity index (χ4v) is 2.09. The number of hydrogen-bond acceptors (Lipinski definition) is 4. The Morgan fingerprint density at radius 2 is 2.00 bits per heavy atom. The van der Waals surface area contributed by atoms with Crippen molar-refractivity contribution in [2.45, 2.75) is 33.4 Å². The molecule has 0 saturated carbocycles. The van der Waals surface area contributed by atoms with E-state index in [-0.39, 0.29) is 23.9 Å². The zero-order chi connectivity index (χ0) is 16.3. The van der Waals surface area contributed by atoms with Gasteiger partial charge < -0.3 is 9.30 Å². The molecule has 0 unspecified atom stereocenters. The van der Waals surface area contributed by atoms with Crippen LogP contribution in [0.1, 0.15) is 25.0 Å². The summed E-state index contributed by atoms with van der Waals surface area (Å²) in [5, 5.41) is 10.9. The van der Waals surface area contributed by atoms with Gasteiger partial charge in [0.25, 0.3) is 11.2 Å². The van der Waals surface area contributed by atoms with Crippen LogP contribution >= 0.6 is 0 Å². The van der Waals surface area contributed by atoms with Gasteiger partial charge in [0, 0.05) is 30.0 Å². The van der Waals surface area contributed by atoms with Crippen LogP contribution in [0.2, 0.25) is 0 Å². The second-order valence-electron chi connectivity index (χ2n) is 5.39. The number of nitrogens with zero attached hydrogens (tertiary/aromatic N) is 2. The van der Waals surface area contributed by atoms with E-state index in [9.17, 15) is 14.9 Å². The number of pyridine rings is 1. The molecular formula is C16H18N2O4. The van der Waals surface area contributed by atoms with Gasteiger partial charge >= 0.3 is 0 Å². The first kappa shape index (κ1) is 15.8. The predicted octanol–water partition coefficient (Wildman–Crippen LogP) is 2.90. The van der Waals surface area contributed by atoms with E-state index in [1.807, 2.05) is 26.8 Å². The fourth-order valence-electron chi connectivity index (χ4n) is 2.09. The van der Waals surface area contributed by atoms with Crippen molar-refractivity contribution < 1.29 is 9.66 Å². The lowest BCUT2D eigenvalue weighted by atomic mass is 10.1. The lowest BCUT2D eigenvalue weighted by Crippen LogP contribution is -2.20. The normalized spacial score (nSPS) is 10.7. The van der Waals surface area contributed by atoms with Crippen molar-refractivity contribution in [1.29, 1.82) is 0 Å². The smallest absolute Gasteiger partial charge is 0.270 e. The number of nitro benzene ring substituents is 1. The van der Waals surface area contributed by atoms with E-state index in [4.69, 9.17) is 4.74 Å². The molecule has 22 heavy (non-hydrogen) atoms. The van der Waals surface area contributed by atoms with Crippen LogP contribution in [-0.2, 0) is 6.54 Å². The molecule has 0 radical (unpaired) electrons. The second-order valence-corrected chi connectivity index (χ2v) is 5.39. The molecule has 116 valence electrons. The SMILES string of the molecule is Cc1ccn(Cc2cc([N+](=O)[O-])ccc2OC(C)C)c(=O)c1. The molecule has 0 aliphatic rings. The molecule has 0 fully saturated rings. The Bertz CT molecular complexity index is 750. The number of non-ortho nitro benzene ring substituents is 1. The fraction of sp³-hybridized carbons (Fsp3) is 0.312. The zero-order valence-electron chi connectivity index (χ0n) is 12.8. The molecule has 0 amide bonds. The summed E-state index contributed by atoms with van der Waals surface area (Å²) in [7, 11) is 0. The van der Waals surface area contributed by atoms with Crippen LogP contribution < -0.4 is 10.3 Å². The van der Waals surface area contributed by atoms with E-state index >= 15 is 0 Å². The van der Waals surface area contributed by atoms with E-state index in [1.165, 1.54) is 22.8 Å². The monoisotopic (exact) mass is 302 g/mol. The molecule has 0 spiro atoms. The Morgan fingerprint density at radius 1 is 1.27 bits per heavy atom. The summed E-state index contributed by atoms with van der Waals surface area (Å²) < 4.78 is 7.18. The minimum Gasteiger partial charge on any atom is -0.491 e. The number of hydrogen-bond donors (Lipinski definition) is 0. The number of aryl methyl sites for hydroxylation is 1. The summed E-state index contributed by atoms with van der Waals surface area (Å²) in [5.74, 6) is 0.549. The van der Waals surface area contributed by atoms with Crippen LogP contribution in [0, 0.1) is 17.0 Å². The van der Waals surface area contributed by atoms with Crippen LogP contribution in [0.15, 0.2) is 41.3 Å². The third-order valence-electron chi connectivity index (χ3n) is 3.11. The molecule has 0 aliphatic heterocycles. The van der Waals surface area contributed by atoms with Gasteiger partial charge in [-0.25, -0.2) is 0 Å². The van der Waals surface area contributed by atoms with Gasteiger partial charge in [-0.1, -0.05) is 0 Å². The highest BCUT2D eigenvalue weighted by atomic mass is 16.6. The van der Waals surface area contributed by atoms with Gasteiger partial charge in [0.2, 0.25) is 0 Å². The third kappa shape index (κ3) is 3.72. The van der Waals surface area contributed by atoms with Crippen molar-refractivity contribution in [2.24, 2.45) is 0 Å². The van der Waals surface area contributed by atoms with Crippen LogP contribution in [0.25, 0.3) is 0 Å². The lowest BCUT2D eigenvalue weighted by Gasteiger charge is -2.15. The van der Waals surface area contributed by atoms with Gasteiger partial charge in [-0.2, -0.15) is 0 Å². The quantitative estimate of drug-likeness (QED) is 0.628. The van der Waals surface area contributed by atoms with Gasteiger partial charge in [0.1, 0.15) is 5.75 Å². The number of aromatic nitrogens is 1. The van der Waals surface area contributed by atoms with Crippen LogP contribution in [0.5, 0.6) is 5.75 Å². The summed E-state index contributed by atoms with van der Waals surface area (Å²) >= 11 is 0. The Balaban J connectivity index is 2.43. The van der Waals surface area contributed by atoms with E-state index in [0.29, 0.717) is 11.3 Å². The van der Waals surface area contributed by atoms with Crippen molar-refractivity contribution in [3.05, 3.63) is 68.1 Å². The van der Waals surface area contributed by atoms with E-state index in [0.717, 1.165) is 5.56 Å². The Hall–Kier alpha value is -2.63. The van der Waals surface area contributed by atoms with Crippen molar-refractivity contribution >= 4 is 5.69 Å². The molecule has 2 rings (SSSR count). The first-order valence-corrected chi connectivity index (χ1v) is 6.98.